The number of aliphatic carboxylic acids is 1. The summed E-state index contributed by atoms with van der Waals surface area (Å²) in [6.07, 6.45) is 3.28. The van der Waals surface area contributed by atoms with E-state index in [1.165, 1.54) is 0 Å². The van der Waals surface area contributed by atoms with Crippen LogP contribution >= 0.6 is 0 Å². The van der Waals surface area contributed by atoms with Gasteiger partial charge >= 0.3 is 5.97 Å². The molecule has 1 aromatic carbocycles. The lowest BCUT2D eigenvalue weighted by atomic mass is 9.97. The highest BCUT2D eigenvalue weighted by molar-refractivity contribution is 5.94. The summed E-state index contributed by atoms with van der Waals surface area (Å²) >= 11 is 0. The number of rotatable bonds is 7. The molecule has 0 unspecified atom stereocenters. The summed E-state index contributed by atoms with van der Waals surface area (Å²) in [6.45, 7) is 0.376. The molecule has 2 rings (SSSR count). The Kier molecular flexibility index (Phi) is 5.73. The number of amides is 2. The van der Waals surface area contributed by atoms with E-state index in [1.807, 2.05) is 6.07 Å². The lowest BCUT2D eigenvalue weighted by Crippen LogP contribution is -2.52. The summed E-state index contributed by atoms with van der Waals surface area (Å²) < 4.78 is 0. The number of carboxylic acid groups (broad SMARTS) is 1. The molecule has 1 saturated carbocycles. The Balaban J connectivity index is 1.71. The molecule has 6 nitrogen and oxygen atoms in total. The molecular formula is C17H22N2O4. The molecule has 6 heteroatoms. The van der Waals surface area contributed by atoms with Crippen molar-refractivity contribution >= 4 is 17.8 Å². The summed E-state index contributed by atoms with van der Waals surface area (Å²) in [5, 5.41) is 14.7. The standard InChI is InChI=1S/C17H22N2O4/c20-14(19-17(16(22)23)10-4-5-11-17)9-6-12-18-15(21)13-7-2-1-3-8-13/h1-3,7-8H,4-6,9-12H2,(H,18,21)(H,19,20)(H,22,23). The lowest BCUT2D eigenvalue weighted by molar-refractivity contribution is -0.147. The van der Waals surface area contributed by atoms with E-state index in [-0.39, 0.29) is 18.2 Å². The minimum atomic E-state index is -1.09. The van der Waals surface area contributed by atoms with Crippen molar-refractivity contribution in [1.29, 1.82) is 0 Å². The quantitative estimate of drug-likeness (QED) is 0.667. The van der Waals surface area contributed by atoms with Gasteiger partial charge < -0.3 is 15.7 Å². The van der Waals surface area contributed by atoms with E-state index < -0.39 is 11.5 Å². The van der Waals surface area contributed by atoms with Crippen molar-refractivity contribution in [2.45, 2.75) is 44.1 Å². The van der Waals surface area contributed by atoms with Crippen LogP contribution in [0.1, 0.15) is 48.9 Å². The second-order valence-corrected chi connectivity index (χ2v) is 5.87. The molecule has 1 aliphatic rings. The topological polar surface area (TPSA) is 95.5 Å². The van der Waals surface area contributed by atoms with E-state index in [0.717, 1.165) is 12.8 Å². The number of carboxylic acids is 1. The Bertz CT molecular complexity index is 565. The molecule has 0 heterocycles. The molecule has 0 spiro atoms. The monoisotopic (exact) mass is 318 g/mol. The third kappa shape index (κ3) is 4.55. The average molecular weight is 318 g/mol. The zero-order chi connectivity index (χ0) is 16.7. The van der Waals surface area contributed by atoms with Crippen molar-refractivity contribution < 1.29 is 19.5 Å². The Hall–Kier alpha value is -2.37. The van der Waals surface area contributed by atoms with Gasteiger partial charge in [-0.05, 0) is 31.4 Å². The Morgan fingerprint density at radius 3 is 2.35 bits per heavy atom. The highest BCUT2D eigenvalue weighted by Gasteiger charge is 2.42. The molecule has 0 aromatic heterocycles. The fraction of sp³-hybridized carbons (Fsp3) is 0.471. The predicted molar refractivity (Wildman–Crippen MR) is 85.0 cm³/mol. The maximum atomic E-state index is 11.9. The largest absolute Gasteiger partial charge is 0.480 e. The Labute approximate surface area is 135 Å². The molecule has 0 aliphatic heterocycles. The van der Waals surface area contributed by atoms with E-state index in [4.69, 9.17) is 0 Å². The molecule has 1 aromatic rings. The number of carbonyl (C=O) groups is 3. The first-order valence-corrected chi connectivity index (χ1v) is 7.91. The van der Waals surface area contributed by atoms with E-state index in [9.17, 15) is 19.5 Å². The normalized spacial score (nSPS) is 15.8. The van der Waals surface area contributed by atoms with Gasteiger partial charge in [-0.2, -0.15) is 0 Å². The van der Waals surface area contributed by atoms with Gasteiger partial charge in [0.05, 0.1) is 0 Å². The molecule has 23 heavy (non-hydrogen) atoms. The van der Waals surface area contributed by atoms with Gasteiger partial charge in [0.2, 0.25) is 5.91 Å². The summed E-state index contributed by atoms with van der Waals surface area (Å²) in [6, 6.07) is 8.85. The van der Waals surface area contributed by atoms with Crippen LogP contribution in [0.25, 0.3) is 0 Å². The van der Waals surface area contributed by atoms with Crippen LogP contribution in [0.3, 0.4) is 0 Å². The summed E-state index contributed by atoms with van der Waals surface area (Å²) in [5.41, 5.74) is -0.516. The SMILES string of the molecule is O=C(CCCNC(=O)c1ccccc1)NC1(C(=O)O)CCCC1. The fourth-order valence-electron chi connectivity index (χ4n) is 2.84. The van der Waals surface area contributed by atoms with Crippen LogP contribution in [0.5, 0.6) is 0 Å². The van der Waals surface area contributed by atoms with E-state index in [1.54, 1.807) is 24.3 Å². The number of hydrogen-bond acceptors (Lipinski definition) is 3. The van der Waals surface area contributed by atoms with Gasteiger partial charge in [0, 0.05) is 18.5 Å². The van der Waals surface area contributed by atoms with Crippen molar-refractivity contribution in [1.82, 2.24) is 10.6 Å². The number of benzene rings is 1. The highest BCUT2D eigenvalue weighted by Crippen LogP contribution is 2.29. The first-order valence-electron chi connectivity index (χ1n) is 7.91. The van der Waals surface area contributed by atoms with Crippen molar-refractivity contribution in [3.05, 3.63) is 35.9 Å². The van der Waals surface area contributed by atoms with E-state index in [0.29, 0.717) is 31.4 Å². The van der Waals surface area contributed by atoms with Crippen molar-refractivity contribution in [3.63, 3.8) is 0 Å². The van der Waals surface area contributed by atoms with Gasteiger partial charge in [-0.3, -0.25) is 9.59 Å². The summed E-state index contributed by atoms with van der Waals surface area (Å²) in [7, 11) is 0. The molecule has 1 fully saturated rings. The molecule has 124 valence electrons. The molecule has 0 bridgehead atoms. The van der Waals surface area contributed by atoms with Crippen LogP contribution in [-0.4, -0.2) is 35.0 Å². The minimum absolute atomic E-state index is 0.177. The number of nitrogens with one attached hydrogen (secondary N) is 2. The number of hydrogen-bond donors (Lipinski definition) is 3. The van der Waals surface area contributed by atoms with Crippen LogP contribution in [-0.2, 0) is 9.59 Å². The van der Waals surface area contributed by atoms with Crippen LogP contribution in [0, 0.1) is 0 Å². The van der Waals surface area contributed by atoms with E-state index in [2.05, 4.69) is 10.6 Å². The van der Waals surface area contributed by atoms with Gasteiger partial charge in [0.1, 0.15) is 5.54 Å². The highest BCUT2D eigenvalue weighted by atomic mass is 16.4. The minimum Gasteiger partial charge on any atom is -0.480 e. The first kappa shape index (κ1) is 17.0. The van der Waals surface area contributed by atoms with Gasteiger partial charge in [0.15, 0.2) is 0 Å². The average Bonchev–Trinajstić information content (AvgIpc) is 3.02. The third-order valence-electron chi connectivity index (χ3n) is 4.15. The van der Waals surface area contributed by atoms with Crippen LogP contribution in [0.4, 0.5) is 0 Å². The van der Waals surface area contributed by atoms with Gasteiger partial charge in [0.25, 0.3) is 5.91 Å². The van der Waals surface area contributed by atoms with Crippen LogP contribution in [0.15, 0.2) is 30.3 Å². The fourth-order valence-corrected chi connectivity index (χ4v) is 2.84. The molecule has 0 radical (unpaired) electrons. The lowest BCUT2D eigenvalue weighted by Gasteiger charge is -2.25. The van der Waals surface area contributed by atoms with E-state index >= 15 is 0 Å². The molecule has 2 amide bonds. The maximum Gasteiger partial charge on any atom is 0.329 e. The van der Waals surface area contributed by atoms with Gasteiger partial charge in [-0.1, -0.05) is 31.0 Å². The van der Waals surface area contributed by atoms with Crippen molar-refractivity contribution in [2.24, 2.45) is 0 Å². The van der Waals surface area contributed by atoms with Crippen molar-refractivity contribution in [3.8, 4) is 0 Å². The number of carbonyl (C=O) groups excluding carboxylic acids is 2. The predicted octanol–water partition coefficient (Wildman–Crippen LogP) is 1.71. The third-order valence-corrected chi connectivity index (χ3v) is 4.15. The van der Waals surface area contributed by atoms with Gasteiger partial charge in [-0.15, -0.1) is 0 Å². The molecule has 0 atom stereocenters. The van der Waals surface area contributed by atoms with Crippen molar-refractivity contribution in [2.75, 3.05) is 6.54 Å². The smallest absolute Gasteiger partial charge is 0.329 e. The molecule has 0 saturated heterocycles. The molecular weight excluding hydrogens is 296 g/mol. The zero-order valence-electron chi connectivity index (χ0n) is 13.0. The Morgan fingerprint density at radius 2 is 1.74 bits per heavy atom. The first-order chi connectivity index (χ1) is 11.0. The summed E-state index contributed by atoms with van der Waals surface area (Å²) in [4.78, 5) is 35.1. The maximum absolute atomic E-state index is 11.9. The molecule has 1 aliphatic carbocycles. The Morgan fingerprint density at radius 1 is 1.09 bits per heavy atom. The molecule has 3 N–H and O–H groups in total. The second-order valence-electron chi connectivity index (χ2n) is 5.87. The zero-order valence-corrected chi connectivity index (χ0v) is 13.0. The van der Waals surface area contributed by atoms with Gasteiger partial charge in [-0.25, -0.2) is 4.79 Å². The second kappa shape index (κ2) is 7.76. The van der Waals surface area contributed by atoms with Crippen LogP contribution in [0.2, 0.25) is 0 Å². The van der Waals surface area contributed by atoms with Crippen LogP contribution < -0.4 is 10.6 Å². The summed E-state index contributed by atoms with van der Waals surface area (Å²) in [5.74, 6) is -1.41.